The molecule has 20 atom stereocenters. The number of carbonyl (C=O) groups is 5. The van der Waals surface area contributed by atoms with Gasteiger partial charge in [0.1, 0.15) is 42.0 Å². The first-order valence-corrected chi connectivity index (χ1v) is 50.3. The molecule has 762 valence electrons. The number of esters is 5. The molecule has 20 rings (SSSR count). The van der Waals surface area contributed by atoms with E-state index in [4.69, 9.17) is 85.6 Å². The predicted molar refractivity (Wildman–Crippen MR) is 566 cm³/mol. The second-order valence-corrected chi connectivity index (χ2v) is 37.7. The second kappa shape index (κ2) is 53.5. The van der Waals surface area contributed by atoms with Crippen LogP contribution in [-0.2, 0) is 102 Å². The smallest absolute Gasteiger partial charge is 0.331 e. The summed E-state index contributed by atoms with van der Waals surface area (Å²) >= 11 is 0. The highest BCUT2D eigenvalue weighted by Gasteiger charge is 2.53. The number of methoxy groups -OCH3 is 1. The van der Waals surface area contributed by atoms with Crippen molar-refractivity contribution in [1.29, 1.82) is 0 Å². The van der Waals surface area contributed by atoms with Gasteiger partial charge in [0.05, 0.1) is 117 Å². The van der Waals surface area contributed by atoms with E-state index in [9.17, 15) is 24.0 Å². The Balaban J connectivity index is 0.000000131. The van der Waals surface area contributed by atoms with E-state index in [2.05, 4.69) is 160 Å². The number of rotatable bonds is 29. The summed E-state index contributed by atoms with van der Waals surface area (Å²) < 4.78 is 97.5. The highest BCUT2D eigenvalue weighted by atomic mass is 16.7. The Morgan fingerprint density at radius 1 is 0.252 bits per heavy atom. The molecule has 10 aromatic carbocycles. The van der Waals surface area contributed by atoms with Crippen molar-refractivity contribution in [2.45, 2.75) is 140 Å². The molecule has 0 aliphatic carbocycles. The summed E-state index contributed by atoms with van der Waals surface area (Å²) in [7, 11) is 1.61. The minimum Gasteiger partial charge on any atom is -0.497 e. The van der Waals surface area contributed by atoms with Crippen LogP contribution in [0.2, 0.25) is 0 Å². The second-order valence-electron chi connectivity index (χ2n) is 37.7. The van der Waals surface area contributed by atoms with Crippen LogP contribution >= 0.6 is 0 Å². The van der Waals surface area contributed by atoms with Crippen molar-refractivity contribution in [1.82, 2.24) is 0 Å². The Morgan fingerprint density at radius 3 is 0.673 bits per heavy atom. The first-order valence-electron chi connectivity index (χ1n) is 50.3. The summed E-state index contributed by atoms with van der Waals surface area (Å²) in [5, 5.41) is 9.14. The normalized spacial score (nSPS) is 26.0. The predicted octanol–water partition coefficient (Wildman–Crippen LogP) is 20.1. The van der Waals surface area contributed by atoms with Crippen molar-refractivity contribution in [2.75, 3.05) is 79.8 Å². The molecular weight excluding hydrogens is 1860 g/mol. The average molecular weight is 1990 g/mol. The monoisotopic (exact) mass is 1980 g/mol. The Kier molecular flexibility index (Phi) is 38.5. The SMILES string of the molecule is CCOc1ccc(/C=C/C(=O)O[C@@H]2CO[C@H]3[C@@H]2OC[C@@H]3C=Cc2ccc(C)cc2)cc1.COc1ccc(/C=C/C(=O)O[C@@H]2CO[C@H]3[C@@H]2OC[C@@H]3C=Cc2ccc(CO)cc2)cc1.Cc1ccc(C=C[C@H]2CO[C@H]3[C@@H]2OC[C@H]3OC(=O)/C=C/c2ccc(C)cc2)cc1.Cc1ccc(C=C[C@H]2CO[C@H]3[C@@H]2OC[C@H]3OC(=O)/C=C/c2ccc(C)cc2)cc1.O=C(/C=C/c1ccccc1)O[C@@H]1CO[C@H]2[C@@H]1OC[C@@H]2C=Cc1ccccc1. The van der Waals surface area contributed by atoms with Gasteiger partial charge in [-0.25, -0.2) is 24.0 Å². The lowest BCUT2D eigenvalue weighted by molar-refractivity contribution is -0.148. The molecule has 0 unspecified atom stereocenters. The largest absolute Gasteiger partial charge is 0.497 e. The minimum atomic E-state index is -0.420. The molecule has 0 radical (unpaired) electrons. The lowest BCUT2D eigenvalue weighted by atomic mass is 9.99. The Morgan fingerprint density at radius 2 is 0.449 bits per heavy atom. The van der Waals surface area contributed by atoms with Crippen LogP contribution in [-0.4, -0.2) is 206 Å². The molecule has 10 saturated heterocycles. The lowest BCUT2D eigenvalue weighted by Gasteiger charge is -2.15. The maximum Gasteiger partial charge on any atom is 0.331 e. The number of aliphatic hydroxyl groups is 1. The summed E-state index contributed by atoms with van der Waals surface area (Å²) in [6, 6.07) is 83.5. The Bertz CT molecular complexity index is 6080. The number of fused-ring (bicyclic) bond motifs is 5. The van der Waals surface area contributed by atoms with Gasteiger partial charge in [-0.3, -0.25) is 0 Å². The summed E-state index contributed by atoms with van der Waals surface area (Å²) in [5.41, 5.74) is 17.3. The third kappa shape index (κ3) is 30.9. The van der Waals surface area contributed by atoms with Crippen molar-refractivity contribution < 1.29 is 110 Å². The molecule has 10 aliphatic heterocycles. The van der Waals surface area contributed by atoms with Gasteiger partial charge in [0.25, 0.3) is 0 Å². The molecular formula is C124H128O23. The van der Waals surface area contributed by atoms with Crippen LogP contribution in [0.1, 0.15) is 95.9 Å². The molecule has 147 heavy (non-hydrogen) atoms. The third-order valence-corrected chi connectivity index (χ3v) is 26.8. The van der Waals surface area contributed by atoms with Crippen LogP contribution in [0.3, 0.4) is 0 Å². The van der Waals surface area contributed by atoms with Gasteiger partial charge in [-0.15, -0.1) is 0 Å². The fourth-order valence-corrected chi connectivity index (χ4v) is 18.5. The minimum absolute atomic E-state index is 0.0352. The quantitative estimate of drug-likeness (QED) is 0.0259. The molecule has 0 saturated carbocycles. The van der Waals surface area contributed by atoms with E-state index >= 15 is 0 Å². The lowest BCUT2D eigenvalue weighted by Crippen LogP contribution is -2.32. The zero-order valence-corrected chi connectivity index (χ0v) is 83.8. The van der Waals surface area contributed by atoms with Gasteiger partial charge in [0.2, 0.25) is 0 Å². The highest BCUT2D eigenvalue weighted by molar-refractivity contribution is 5.90. The van der Waals surface area contributed by atoms with Gasteiger partial charge in [-0.05, 0) is 157 Å². The molecule has 0 spiro atoms. The topological polar surface area (TPSA) is 262 Å². The summed E-state index contributed by atoms with van der Waals surface area (Å²) in [5.74, 6) is 0.361. The van der Waals surface area contributed by atoms with Gasteiger partial charge < -0.3 is 85.6 Å². The van der Waals surface area contributed by atoms with E-state index in [1.807, 2.05) is 197 Å². The molecule has 0 amide bonds. The molecule has 0 bridgehead atoms. The van der Waals surface area contributed by atoms with E-state index in [0.717, 1.165) is 72.7 Å². The van der Waals surface area contributed by atoms with E-state index in [-0.39, 0.29) is 140 Å². The van der Waals surface area contributed by atoms with Crippen molar-refractivity contribution in [2.24, 2.45) is 29.6 Å². The molecule has 10 aromatic rings. The van der Waals surface area contributed by atoms with Crippen LogP contribution in [0.4, 0.5) is 0 Å². The van der Waals surface area contributed by atoms with Gasteiger partial charge in [-0.2, -0.15) is 0 Å². The molecule has 10 fully saturated rings. The van der Waals surface area contributed by atoms with Crippen molar-refractivity contribution in [3.05, 3.63) is 405 Å². The van der Waals surface area contributed by atoms with E-state index in [0.29, 0.717) is 72.7 Å². The summed E-state index contributed by atoms with van der Waals surface area (Å²) in [4.78, 5) is 61.1. The number of carbonyl (C=O) groups excluding carboxylic acids is 5. The number of benzene rings is 10. The maximum atomic E-state index is 12.3. The molecule has 23 heteroatoms. The first kappa shape index (κ1) is 106. The number of aryl methyl sites for hydroxylation is 5. The molecule has 10 aliphatic rings. The number of aliphatic hydroxyl groups excluding tert-OH is 1. The van der Waals surface area contributed by atoms with E-state index in [1.165, 1.54) is 58.2 Å². The van der Waals surface area contributed by atoms with Crippen molar-refractivity contribution in [3.8, 4) is 11.5 Å². The van der Waals surface area contributed by atoms with Crippen molar-refractivity contribution in [3.63, 3.8) is 0 Å². The van der Waals surface area contributed by atoms with Gasteiger partial charge in [0, 0.05) is 60.0 Å². The van der Waals surface area contributed by atoms with Crippen LogP contribution in [0.5, 0.6) is 11.5 Å². The van der Waals surface area contributed by atoms with Crippen molar-refractivity contribution >= 4 is 90.6 Å². The van der Waals surface area contributed by atoms with Gasteiger partial charge in [-0.1, -0.05) is 319 Å². The van der Waals surface area contributed by atoms with E-state index < -0.39 is 18.0 Å². The number of hydrogen-bond acceptors (Lipinski definition) is 23. The molecule has 10 heterocycles. The highest BCUT2D eigenvalue weighted by Crippen LogP contribution is 2.40. The van der Waals surface area contributed by atoms with Crippen LogP contribution in [0, 0.1) is 64.2 Å². The van der Waals surface area contributed by atoms with Crippen LogP contribution < -0.4 is 9.47 Å². The fraction of sp³-hybridized carbons (Fsp3) is 0.315. The average Bonchev–Trinajstić information content (AvgIpc) is 1.67. The Hall–Kier alpha value is -13.9. The van der Waals surface area contributed by atoms with Gasteiger partial charge >= 0.3 is 29.8 Å². The fourth-order valence-electron chi connectivity index (χ4n) is 18.5. The zero-order valence-electron chi connectivity index (χ0n) is 83.8. The zero-order chi connectivity index (χ0) is 102. The number of hydrogen-bond donors (Lipinski definition) is 1. The molecule has 23 nitrogen and oxygen atoms in total. The van der Waals surface area contributed by atoms with Gasteiger partial charge in [0.15, 0.2) is 30.5 Å². The first-order chi connectivity index (χ1) is 71.7. The maximum absolute atomic E-state index is 12.3. The van der Waals surface area contributed by atoms with Crippen LogP contribution in [0.25, 0.3) is 60.8 Å². The van der Waals surface area contributed by atoms with Crippen LogP contribution in [0.15, 0.2) is 316 Å². The summed E-state index contributed by atoms with van der Waals surface area (Å²) in [6.45, 7) is 17.5. The third-order valence-electron chi connectivity index (χ3n) is 26.8. The Labute approximate surface area is 860 Å². The molecule has 1 N–H and O–H groups in total. The summed E-state index contributed by atoms with van der Waals surface area (Å²) in [6.07, 6.45) is 33.5. The number of ether oxygens (including phenoxy) is 17. The standard InChI is InChI=1S/C26H28O5.C25H26O6.2C25H26O4.C23H22O4/c1-3-28-22-13-9-20(10-14-22)11-15-24(27)31-23-17-30-25-21(16-29-26(23)25)12-8-19-6-4-18(2)5-7-19;1-28-21-11-7-18(8-12-21)9-13-23(27)31-22-16-30-24-20(15-29-25(22)24)10-6-17-2-4-19(14-26)5-3-17;2*1-17-3-7-19(8-4-17)11-13-21-15-27-25-22(16-28-24(21)25)29-23(26)14-12-20-9-5-18(2)6-10-20;24-21(14-12-18-9-5-2-6-10-18)27-20-16-26-22-19(15-25-23(20)22)13-11-17-7-3-1-4-8-17/h4-15,21,23,25-26H,3,16-17H2,1-2H3;2-13,20,22,24-26H,14-16H2,1H3;2*3-14,21-22,24-25H,15-16H2,1-2H3;1-14,19-20,22-23H,15-16H2/b12-8?,15-11+;10-6?,13-9+;3*13-11?,14-12+/t21-,23+,25+,26+;20-,22+,24+,25+;2*21-,22+,24+,25+;19-,20+,22+,23+/m00000/s1. The van der Waals surface area contributed by atoms with E-state index in [1.54, 1.807) is 37.5 Å². The molecule has 0 aromatic heterocycles.